The zero-order valence-electron chi connectivity index (χ0n) is 13.1. The summed E-state index contributed by atoms with van der Waals surface area (Å²) in [4.78, 5) is 15.0. The molecule has 0 spiro atoms. The first-order valence-corrected chi connectivity index (χ1v) is 8.66. The molecule has 1 aliphatic rings. The third-order valence-electron chi connectivity index (χ3n) is 4.50. The van der Waals surface area contributed by atoms with Gasteiger partial charge in [0.1, 0.15) is 5.82 Å². The summed E-state index contributed by atoms with van der Waals surface area (Å²) in [5.74, 6) is -0.200. The Morgan fingerprint density at radius 3 is 2.57 bits per heavy atom. The second kappa shape index (κ2) is 6.81. The van der Waals surface area contributed by atoms with E-state index in [4.69, 9.17) is 4.74 Å². The van der Waals surface area contributed by atoms with Gasteiger partial charge in [-0.05, 0) is 52.9 Å². The summed E-state index contributed by atoms with van der Waals surface area (Å²) in [5, 5.41) is 4.07. The number of likely N-dealkylation sites (N-methyl/N-ethyl adjacent to an activating group) is 1. The van der Waals surface area contributed by atoms with E-state index in [1.807, 2.05) is 18.5 Å². The fourth-order valence-electron chi connectivity index (χ4n) is 3.21. The van der Waals surface area contributed by atoms with Crippen molar-refractivity contribution in [1.29, 1.82) is 0 Å². The van der Waals surface area contributed by atoms with Crippen LogP contribution in [-0.2, 0) is 21.5 Å². The van der Waals surface area contributed by atoms with E-state index in [1.165, 1.54) is 12.1 Å². The topological polar surface area (TPSA) is 29.5 Å². The molecule has 1 aromatic heterocycles. The largest absolute Gasteiger partial charge is 0.381 e. The molecule has 1 aliphatic heterocycles. The summed E-state index contributed by atoms with van der Waals surface area (Å²) < 4.78 is 18.7. The molecule has 0 atom stereocenters. The lowest BCUT2D eigenvalue weighted by atomic mass is 9.73. The molecular formula is C18H20FNO2S. The summed E-state index contributed by atoms with van der Waals surface area (Å²) in [6, 6.07) is 8.36. The van der Waals surface area contributed by atoms with Crippen LogP contribution in [0.1, 0.15) is 24.0 Å². The predicted octanol–water partition coefficient (Wildman–Crippen LogP) is 3.59. The highest BCUT2D eigenvalue weighted by atomic mass is 32.1. The smallest absolute Gasteiger partial charge is 0.233 e. The minimum Gasteiger partial charge on any atom is -0.381 e. The number of thiophene rings is 1. The van der Waals surface area contributed by atoms with Crippen molar-refractivity contribution in [1.82, 2.24) is 4.90 Å². The number of rotatable bonds is 4. The SMILES string of the molecule is CN(Cc1ccsc1)C(=O)C1(c2ccc(F)cc2)CCOCC1. The number of hydrogen-bond acceptors (Lipinski definition) is 3. The maximum absolute atomic E-state index is 13.3. The van der Waals surface area contributed by atoms with Gasteiger partial charge < -0.3 is 9.64 Å². The lowest BCUT2D eigenvalue weighted by Gasteiger charge is -2.39. The number of benzene rings is 1. The normalized spacial score (nSPS) is 17.0. The predicted molar refractivity (Wildman–Crippen MR) is 88.9 cm³/mol. The van der Waals surface area contributed by atoms with Gasteiger partial charge in [-0.15, -0.1) is 0 Å². The molecule has 1 amide bonds. The van der Waals surface area contributed by atoms with Crippen LogP contribution in [-0.4, -0.2) is 31.1 Å². The summed E-state index contributed by atoms with van der Waals surface area (Å²) in [6.45, 7) is 1.69. The third kappa shape index (κ3) is 3.31. The number of hydrogen-bond donors (Lipinski definition) is 0. The van der Waals surface area contributed by atoms with E-state index in [-0.39, 0.29) is 11.7 Å². The number of carbonyl (C=O) groups is 1. The van der Waals surface area contributed by atoms with Crippen molar-refractivity contribution >= 4 is 17.2 Å². The Balaban J connectivity index is 1.88. The van der Waals surface area contributed by atoms with E-state index in [0.29, 0.717) is 32.6 Å². The van der Waals surface area contributed by atoms with Gasteiger partial charge in [-0.3, -0.25) is 4.79 Å². The highest BCUT2D eigenvalue weighted by Gasteiger charge is 2.43. The van der Waals surface area contributed by atoms with E-state index >= 15 is 0 Å². The first-order valence-electron chi connectivity index (χ1n) is 7.72. The van der Waals surface area contributed by atoms with Crippen LogP contribution in [0.15, 0.2) is 41.1 Å². The summed E-state index contributed by atoms with van der Waals surface area (Å²) >= 11 is 1.63. The Hall–Kier alpha value is -1.72. The van der Waals surface area contributed by atoms with Crippen molar-refractivity contribution in [2.24, 2.45) is 0 Å². The van der Waals surface area contributed by atoms with Crippen molar-refractivity contribution in [3.8, 4) is 0 Å². The van der Waals surface area contributed by atoms with Crippen LogP contribution in [0, 0.1) is 5.82 Å². The maximum atomic E-state index is 13.3. The van der Waals surface area contributed by atoms with Crippen molar-refractivity contribution < 1.29 is 13.9 Å². The van der Waals surface area contributed by atoms with Crippen LogP contribution in [0.25, 0.3) is 0 Å². The number of nitrogens with zero attached hydrogens (tertiary/aromatic N) is 1. The van der Waals surface area contributed by atoms with Crippen LogP contribution in [0.5, 0.6) is 0 Å². The molecule has 3 nitrogen and oxygen atoms in total. The Labute approximate surface area is 139 Å². The van der Waals surface area contributed by atoms with Gasteiger partial charge in [-0.25, -0.2) is 4.39 Å². The molecule has 0 unspecified atom stereocenters. The van der Waals surface area contributed by atoms with Crippen LogP contribution in [0.3, 0.4) is 0 Å². The third-order valence-corrected chi connectivity index (χ3v) is 5.23. The van der Waals surface area contributed by atoms with E-state index in [0.717, 1.165) is 11.1 Å². The zero-order valence-corrected chi connectivity index (χ0v) is 13.9. The quantitative estimate of drug-likeness (QED) is 0.856. The zero-order chi connectivity index (χ0) is 16.3. The lowest BCUT2D eigenvalue weighted by Crippen LogP contribution is -2.48. The van der Waals surface area contributed by atoms with Crippen molar-refractivity contribution in [2.75, 3.05) is 20.3 Å². The van der Waals surface area contributed by atoms with E-state index in [9.17, 15) is 9.18 Å². The molecule has 1 saturated heterocycles. The average molecular weight is 333 g/mol. The monoisotopic (exact) mass is 333 g/mol. The number of carbonyl (C=O) groups excluding carboxylic acids is 1. The molecule has 23 heavy (non-hydrogen) atoms. The van der Waals surface area contributed by atoms with Gasteiger partial charge in [-0.2, -0.15) is 11.3 Å². The Morgan fingerprint density at radius 1 is 1.26 bits per heavy atom. The molecule has 1 aromatic carbocycles. The van der Waals surface area contributed by atoms with Crippen LogP contribution >= 0.6 is 11.3 Å². The lowest BCUT2D eigenvalue weighted by molar-refractivity contribution is -0.140. The van der Waals surface area contributed by atoms with Crippen molar-refractivity contribution in [3.63, 3.8) is 0 Å². The second-order valence-corrected chi connectivity index (χ2v) is 6.77. The first kappa shape index (κ1) is 16.1. The van der Waals surface area contributed by atoms with E-state index in [1.54, 1.807) is 28.4 Å². The van der Waals surface area contributed by atoms with E-state index < -0.39 is 5.41 Å². The molecule has 0 N–H and O–H groups in total. The first-order chi connectivity index (χ1) is 11.1. The number of halogens is 1. The molecule has 2 aromatic rings. The molecule has 1 fully saturated rings. The Morgan fingerprint density at radius 2 is 1.96 bits per heavy atom. The van der Waals surface area contributed by atoms with Crippen LogP contribution in [0.4, 0.5) is 4.39 Å². The molecule has 0 bridgehead atoms. The van der Waals surface area contributed by atoms with Crippen LogP contribution in [0.2, 0.25) is 0 Å². The molecule has 0 radical (unpaired) electrons. The molecule has 122 valence electrons. The number of amides is 1. The fraction of sp³-hybridized carbons (Fsp3) is 0.389. The summed E-state index contributed by atoms with van der Waals surface area (Å²) in [5.41, 5.74) is 1.40. The molecule has 2 heterocycles. The maximum Gasteiger partial charge on any atom is 0.233 e. The highest BCUT2D eigenvalue weighted by Crippen LogP contribution is 2.37. The number of ether oxygens (including phenoxy) is 1. The van der Waals surface area contributed by atoms with Gasteiger partial charge >= 0.3 is 0 Å². The van der Waals surface area contributed by atoms with Gasteiger partial charge in [0.2, 0.25) is 5.91 Å². The Bertz CT molecular complexity index is 648. The second-order valence-electron chi connectivity index (χ2n) is 5.99. The highest BCUT2D eigenvalue weighted by molar-refractivity contribution is 7.07. The minimum atomic E-state index is -0.614. The van der Waals surface area contributed by atoms with Crippen molar-refractivity contribution in [3.05, 3.63) is 58.0 Å². The molecule has 5 heteroatoms. The van der Waals surface area contributed by atoms with Crippen molar-refractivity contribution in [2.45, 2.75) is 24.8 Å². The average Bonchev–Trinajstić information content (AvgIpc) is 3.08. The molecule has 0 saturated carbocycles. The molecule has 3 rings (SSSR count). The summed E-state index contributed by atoms with van der Waals surface area (Å²) in [7, 11) is 1.83. The van der Waals surface area contributed by atoms with Crippen LogP contribution < -0.4 is 0 Å². The molecular weight excluding hydrogens is 313 g/mol. The van der Waals surface area contributed by atoms with Gasteiger partial charge in [0, 0.05) is 26.8 Å². The van der Waals surface area contributed by atoms with Gasteiger partial charge in [0.25, 0.3) is 0 Å². The standard InChI is InChI=1S/C18H20FNO2S/c1-20(12-14-6-11-23-13-14)17(21)18(7-9-22-10-8-18)15-2-4-16(19)5-3-15/h2-6,11,13H,7-10,12H2,1H3. The van der Waals surface area contributed by atoms with Gasteiger partial charge in [0.15, 0.2) is 0 Å². The summed E-state index contributed by atoms with van der Waals surface area (Å²) in [6.07, 6.45) is 1.26. The van der Waals surface area contributed by atoms with E-state index in [2.05, 4.69) is 5.38 Å². The fourth-order valence-corrected chi connectivity index (χ4v) is 3.87. The Kier molecular flexibility index (Phi) is 4.78. The molecule has 0 aliphatic carbocycles. The minimum absolute atomic E-state index is 0.0820. The van der Waals surface area contributed by atoms with Gasteiger partial charge in [0.05, 0.1) is 5.41 Å². The van der Waals surface area contributed by atoms with Gasteiger partial charge in [-0.1, -0.05) is 12.1 Å².